The first-order chi connectivity index (χ1) is 14.7. The summed E-state index contributed by atoms with van der Waals surface area (Å²) in [7, 11) is 1.27. The summed E-state index contributed by atoms with van der Waals surface area (Å²) in [5.74, 6) is 0.259. The zero-order valence-electron chi connectivity index (χ0n) is 16.9. The molecule has 2 aromatic carbocycles. The van der Waals surface area contributed by atoms with Gasteiger partial charge in [0.1, 0.15) is 11.6 Å². The lowest BCUT2D eigenvalue weighted by molar-refractivity contribution is -0.142. The van der Waals surface area contributed by atoms with E-state index in [0.717, 1.165) is 4.47 Å². The largest absolute Gasteiger partial charge is 0.480 e. The molecular formula is C21H18Br2ClN3O4. The van der Waals surface area contributed by atoms with Crippen LogP contribution >= 0.6 is 43.5 Å². The van der Waals surface area contributed by atoms with Crippen molar-refractivity contribution in [3.8, 4) is 5.75 Å². The van der Waals surface area contributed by atoms with E-state index in [1.165, 1.54) is 18.0 Å². The van der Waals surface area contributed by atoms with Crippen LogP contribution in [0.1, 0.15) is 31.2 Å². The van der Waals surface area contributed by atoms with Crippen LogP contribution in [0, 0.1) is 0 Å². The second-order valence-electron chi connectivity index (χ2n) is 6.82. The molecule has 10 heteroatoms. The lowest BCUT2D eigenvalue weighted by Crippen LogP contribution is -2.23. The fourth-order valence-electron chi connectivity index (χ4n) is 2.79. The lowest BCUT2D eigenvalue weighted by Gasteiger charge is -2.13. The molecule has 7 nitrogen and oxygen atoms in total. The van der Waals surface area contributed by atoms with E-state index in [1.807, 2.05) is 19.9 Å². The van der Waals surface area contributed by atoms with Gasteiger partial charge in [0.15, 0.2) is 6.61 Å². The third-order valence-corrected chi connectivity index (χ3v) is 5.56. The van der Waals surface area contributed by atoms with Crippen LogP contribution in [0.3, 0.4) is 0 Å². The average Bonchev–Trinajstić information content (AvgIpc) is 2.72. The molecule has 0 fully saturated rings. The van der Waals surface area contributed by atoms with Crippen LogP contribution in [-0.2, 0) is 9.53 Å². The summed E-state index contributed by atoms with van der Waals surface area (Å²) in [6.45, 7) is 3.57. The van der Waals surface area contributed by atoms with Gasteiger partial charge in [-0.3, -0.25) is 4.79 Å². The van der Waals surface area contributed by atoms with Crippen LogP contribution in [0.25, 0.3) is 10.9 Å². The van der Waals surface area contributed by atoms with E-state index < -0.39 is 5.97 Å². The van der Waals surface area contributed by atoms with Gasteiger partial charge in [-0.2, -0.15) is 9.78 Å². The molecule has 0 aliphatic rings. The number of hydrogen-bond donors (Lipinski definition) is 0. The molecule has 3 rings (SSSR count). The van der Waals surface area contributed by atoms with E-state index in [-0.39, 0.29) is 18.1 Å². The van der Waals surface area contributed by atoms with Gasteiger partial charge in [0.05, 0.1) is 28.7 Å². The summed E-state index contributed by atoms with van der Waals surface area (Å²) < 4.78 is 12.8. The maximum Gasteiger partial charge on any atom is 0.343 e. The van der Waals surface area contributed by atoms with Gasteiger partial charge >= 0.3 is 5.97 Å². The van der Waals surface area contributed by atoms with Gasteiger partial charge < -0.3 is 9.47 Å². The zero-order chi connectivity index (χ0) is 22.7. The summed E-state index contributed by atoms with van der Waals surface area (Å²) in [4.78, 5) is 29.3. The Bertz CT molecular complexity index is 1240. The highest BCUT2D eigenvalue weighted by Crippen LogP contribution is 2.32. The van der Waals surface area contributed by atoms with Crippen LogP contribution in [0.4, 0.5) is 0 Å². The Morgan fingerprint density at radius 1 is 1.29 bits per heavy atom. The van der Waals surface area contributed by atoms with Crippen molar-refractivity contribution in [2.75, 3.05) is 13.7 Å². The molecule has 0 bridgehead atoms. The highest BCUT2D eigenvalue weighted by atomic mass is 79.9. The normalized spacial score (nSPS) is 11.5. The lowest BCUT2D eigenvalue weighted by atomic mass is 10.2. The molecule has 0 N–H and O–H groups in total. The van der Waals surface area contributed by atoms with E-state index in [1.54, 1.807) is 24.3 Å². The molecule has 0 spiro atoms. The molecule has 1 heterocycles. The van der Waals surface area contributed by atoms with Crippen molar-refractivity contribution in [1.82, 2.24) is 9.66 Å². The SMILES string of the molecule is COC(=O)COc1c(Br)cc(Cl)cc1C=Nn1c(C(C)C)nc2ccc(Br)cc2c1=O. The number of rotatable bonds is 6. The van der Waals surface area contributed by atoms with E-state index in [9.17, 15) is 9.59 Å². The molecule has 0 aliphatic carbocycles. The van der Waals surface area contributed by atoms with E-state index in [0.29, 0.717) is 37.5 Å². The first kappa shape index (κ1) is 23.4. The number of hydrogen-bond acceptors (Lipinski definition) is 6. The van der Waals surface area contributed by atoms with Crippen molar-refractivity contribution in [2.24, 2.45) is 5.10 Å². The molecule has 0 saturated heterocycles. The maximum absolute atomic E-state index is 13.2. The quantitative estimate of drug-likeness (QED) is 0.303. The Labute approximate surface area is 200 Å². The number of methoxy groups -OCH3 is 1. The van der Waals surface area contributed by atoms with Crippen molar-refractivity contribution in [3.05, 3.63) is 66.0 Å². The Hall–Kier alpha value is -2.23. The molecule has 0 amide bonds. The van der Waals surface area contributed by atoms with E-state index in [4.69, 9.17) is 16.3 Å². The average molecular weight is 572 g/mol. The van der Waals surface area contributed by atoms with Crippen LogP contribution in [-0.4, -0.2) is 35.6 Å². The third-order valence-electron chi connectivity index (χ3n) is 4.26. The molecule has 0 atom stereocenters. The summed E-state index contributed by atoms with van der Waals surface area (Å²) in [5, 5.41) is 5.26. The number of halogens is 3. The van der Waals surface area contributed by atoms with Gasteiger partial charge in [0.25, 0.3) is 5.56 Å². The van der Waals surface area contributed by atoms with Crippen LogP contribution in [0.2, 0.25) is 5.02 Å². The van der Waals surface area contributed by atoms with Crippen molar-refractivity contribution in [1.29, 1.82) is 0 Å². The van der Waals surface area contributed by atoms with Crippen LogP contribution in [0.5, 0.6) is 5.75 Å². The molecule has 1 aromatic heterocycles. The number of esters is 1. The number of fused-ring (bicyclic) bond motifs is 1. The van der Waals surface area contributed by atoms with Gasteiger partial charge in [-0.15, -0.1) is 0 Å². The summed E-state index contributed by atoms with van der Waals surface area (Å²) in [6.07, 6.45) is 1.45. The molecule has 162 valence electrons. The summed E-state index contributed by atoms with van der Waals surface area (Å²) >= 11 is 12.9. The monoisotopic (exact) mass is 569 g/mol. The predicted octanol–water partition coefficient (Wildman–Crippen LogP) is 5.13. The fourth-order valence-corrected chi connectivity index (χ4v) is 4.10. The van der Waals surface area contributed by atoms with Crippen LogP contribution in [0.15, 0.2) is 49.2 Å². The second-order valence-corrected chi connectivity index (χ2v) is 9.02. The Balaban J connectivity index is 2.13. The topological polar surface area (TPSA) is 82.8 Å². The minimum Gasteiger partial charge on any atom is -0.480 e. The number of ether oxygens (including phenoxy) is 2. The standard InChI is InChI=1S/C21H18Br2ClN3O4/c1-11(2)20-26-17-5-4-13(22)7-15(17)21(29)27(20)25-9-12-6-14(24)8-16(23)19(12)31-10-18(28)30-3/h4-9,11H,10H2,1-3H3. The van der Waals surface area contributed by atoms with Crippen LogP contribution < -0.4 is 10.3 Å². The minimum atomic E-state index is -0.535. The molecule has 3 aromatic rings. The van der Waals surface area contributed by atoms with Gasteiger partial charge in [0.2, 0.25) is 0 Å². The number of aromatic nitrogens is 2. The predicted molar refractivity (Wildman–Crippen MR) is 127 cm³/mol. The molecule has 0 unspecified atom stereocenters. The molecule has 0 saturated carbocycles. The zero-order valence-corrected chi connectivity index (χ0v) is 20.8. The smallest absolute Gasteiger partial charge is 0.343 e. The number of benzene rings is 2. The number of carbonyl (C=O) groups excluding carboxylic acids is 1. The Morgan fingerprint density at radius 2 is 2.03 bits per heavy atom. The van der Waals surface area contributed by atoms with Crippen molar-refractivity contribution < 1.29 is 14.3 Å². The maximum atomic E-state index is 13.2. The first-order valence-corrected chi connectivity index (χ1v) is 11.1. The van der Waals surface area contributed by atoms with Crippen molar-refractivity contribution in [2.45, 2.75) is 19.8 Å². The number of carbonyl (C=O) groups is 1. The molecule has 31 heavy (non-hydrogen) atoms. The highest BCUT2D eigenvalue weighted by Gasteiger charge is 2.15. The summed E-state index contributed by atoms with van der Waals surface area (Å²) in [6, 6.07) is 8.58. The van der Waals surface area contributed by atoms with Crippen molar-refractivity contribution in [3.63, 3.8) is 0 Å². The van der Waals surface area contributed by atoms with Gasteiger partial charge in [-0.25, -0.2) is 9.78 Å². The van der Waals surface area contributed by atoms with Gasteiger partial charge in [-0.05, 0) is 46.3 Å². The Morgan fingerprint density at radius 3 is 2.71 bits per heavy atom. The van der Waals surface area contributed by atoms with E-state index in [2.05, 4.69) is 46.7 Å². The highest BCUT2D eigenvalue weighted by molar-refractivity contribution is 9.10. The van der Waals surface area contributed by atoms with E-state index >= 15 is 0 Å². The van der Waals surface area contributed by atoms with Crippen molar-refractivity contribution >= 4 is 66.5 Å². The molecule has 0 aliphatic heterocycles. The molecular weight excluding hydrogens is 554 g/mol. The molecule has 0 radical (unpaired) electrons. The second kappa shape index (κ2) is 9.93. The van der Waals surface area contributed by atoms with Gasteiger partial charge in [0, 0.05) is 21.0 Å². The van der Waals surface area contributed by atoms with Gasteiger partial charge in [-0.1, -0.05) is 41.4 Å². The number of nitrogens with zero attached hydrogens (tertiary/aromatic N) is 3. The Kier molecular flexibility index (Phi) is 7.51. The fraction of sp³-hybridized carbons (Fsp3) is 0.238. The third kappa shape index (κ3) is 5.34. The first-order valence-electron chi connectivity index (χ1n) is 9.16. The summed E-state index contributed by atoms with van der Waals surface area (Å²) in [5.41, 5.74) is 0.763. The minimum absolute atomic E-state index is 0.0564.